The predicted octanol–water partition coefficient (Wildman–Crippen LogP) is 0.280. The molecule has 0 aliphatic carbocycles. The molecule has 2 atom stereocenters. The van der Waals surface area contributed by atoms with Gasteiger partial charge >= 0.3 is 6.03 Å². The van der Waals surface area contributed by atoms with Gasteiger partial charge in [-0.15, -0.1) is 0 Å². The first kappa shape index (κ1) is 15.9. The average Bonchev–Trinajstić information content (AvgIpc) is 2.30. The van der Waals surface area contributed by atoms with Crippen LogP contribution in [0.1, 0.15) is 33.6 Å². The molecule has 1 aliphatic rings. The Labute approximate surface area is 115 Å². The zero-order chi connectivity index (χ0) is 14.4. The minimum atomic E-state index is -0.435. The molecule has 1 aliphatic heterocycles. The maximum atomic E-state index is 11.8. The highest BCUT2D eigenvalue weighted by Crippen LogP contribution is 2.21. The van der Waals surface area contributed by atoms with Crippen molar-refractivity contribution < 1.29 is 9.59 Å². The van der Waals surface area contributed by atoms with Crippen molar-refractivity contribution in [1.29, 1.82) is 0 Å². The summed E-state index contributed by atoms with van der Waals surface area (Å²) in [6.45, 7) is 7.55. The number of imide groups is 1. The predicted molar refractivity (Wildman–Crippen MR) is 74.6 cm³/mol. The SMILES string of the molecule is CC1CCN(CC(=O)NC(=O)NC(C)C)C(CN)C1. The zero-order valence-electron chi connectivity index (χ0n) is 12.1. The summed E-state index contributed by atoms with van der Waals surface area (Å²) in [4.78, 5) is 25.3. The normalized spacial score (nSPS) is 24.3. The molecule has 19 heavy (non-hydrogen) atoms. The third-order valence-corrected chi connectivity index (χ3v) is 3.39. The van der Waals surface area contributed by atoms with Crippen molar-refractivity contribution in [1.82, 2.24) is 15.5 Å². The van der Waals surface area contributed by atoms with Gasteiger partial charge in [0.05, 0.1) is 6.54 Å². The minimum Gasteiger partial charge on any atom is -0.336 e. The van der Waals surface area contributed by atoms with Gasteiger partial charge in [-0.3, -0.25) is 15.0 Å². The van der Waals surface area contributed by atoms with Gasteiger partial charge in [0.2, 0.25) is 5.91 Å². The fraction of sp³-hybridized carbons (Fsp3) is 0.846. The molecular weight excluding hydrogens is 244 g/mol. The molecule has 0 aromatic rings. The van der Waals surface area contributed by atoms with E-state index in [1.54, 1.807) is 0 Å². The molecule has 110 valence electrons. The number of carbonyl (C=O) groups is 2. The summed E-state index contributed by atoms with van der Waals surface area (Å²) in [7, 11) is 0. The van der Waals surface area contributed by atoms with Crippen LogP contribution in [0.5, 0.6) is 0 Å². The lowest BCUT2D eigenvalue weighted by molar-refractivity contribution is -0.122. The first-order valence-corrected chi connectivity index (χ1v) is 6.96. The topological polar surface area (TPSA) is 87.5 Å². The number of hydrogen-bond acceptors (Lipinski definition) is 4. The Hall–Kier alpha value is -1.14. The maximum absolute atomic E-state index is 11.8. The Morgan fingerprint density at radius 3 is 2.68 bits per heavy atom. The van der Waals surface area contributed by atoms with Crippen LogP contribution in [-0.4, -0.2) is 48.6 Å². The summed E-state index contributed by atoms with van der Waals surface area (Å²) in [6, 6.07) is -0.183. The Morgan fingerprint density at radius 2 is 2.11 bits per heavy atom. The summed E-state index contributed by atoms with van der Waals surface area (Å²) in [5, 5.41) is 4.97. The first-order valence-electron chi connectivity index (χ1n) is 6.96. The van der Waals surface area contributed by atoms with E-state index in [-0.39, 0.29) is 24.5 Å². The van der Waals surface area contributed by atoms with Gasteiger partial charge in [0.1, 0.15) is 0 Å². The van der Waals surface area contributed by atoms with Crippen LogP contribution in [0, 0.1) is 5.92 Å². The number of amides is 3. The average molecular weight is 270 g/mol. The van der Waals surface area contributed by atoms with Crippen molar-refractivity contribution >= 4 is 11.9 Å². The number of nitrogens with one attached hydrogen (secondary N) is 2. The molecule has 0 bridgehead atoms. The van der Waals surface area contributed by atoms with E-state index in [4.69, 9.17) is 5.73 Å². The number of urea groups is 1. The van der Waals surface area contributed by atoms with Crippen LogP contribution in [0.2, 0.25) is 0 Å². The van der Waals surface area contributed by atoms with Crippen molar-refractivity contribution in [2.75, 3.05) is 19.6 Å². The van der Waals surface area contributed by atoms with Gasteiger partial charge in [0.25, 0.3) is 0 Å². The van der Waals surface area contributed by atoms with E-state index in [1.165, 1.54) is 0 Å². The summed E-state index contributed by atoms with van der Waals surface area (Å²) in [5.41, 5.74) is 5.75. The van der Waals surface area contributed by atoms with Crippen LogP contribution < -0.4 is 16.4 Å². The fourth-order valence-corrected chi connectivity index (χ4v) is 2.40. The standard InChI is InChI=1S/C13H26N4O2/c1-9(2)15-13(19)16-12(18)8-17-5-4-10(3)6-11(17)7-14/h9-11H,4-8,14H2,1-3H3,(H2,15,16,18,19). The van der Waals surface area contributed by atoms with Gasteiger partial charge in [0.15, 0.2) is 0 Å². The molecule has 6 nitrogen and oxygen atoms in total. The lowest BCUT2D eigenvalue weighted by atomic mass is 9.92. The highest BCUT2D eigenvalue weighted by atomic mass is 16.2. The van der Waals surface area contributed by atoms with Gasteiger partial charge in [-0.25, -0.2) is 4.79 Å². The maximum Gasteiger partial charge on any atom is 0.321 e. The molecule has 0 saturated carbocycles. The van der Waals surface area contributed by atoms with E-state index in [9.17, 15) is 9.59 Å². The number of carbonyl (C=O) groups excluding carboxylic acids is 2. The van der Waals surface area contributed by atoms with Gasteiger partial charge in [-0.2, -0.15) is 0 Å². The lowest BCUT2D eigenvalue weighted by Crippen LogP contribution is -2.52. The molecule has 1 fully saturated rings. The Bertz CT molecular complexity index is 320. The van der Waals surface area contributed by atoms with Gasteiger partial charge in [-0.05, 0) is 39.2 Å². The zero-order valence-corrected chi connectivity index (χ0v) is 12.1. The third-order valence-electron chi connectivity index (χ3n) is 3.39. The number of piperidine rings is 1. The monoisotopic (exact) mass is 270 g/mol. The largest absolute Gasteiger partial charge is 0.336 e. The quantitative estimate of drug-likeness (QED) is 0.685. The Morgan fingerprint density at radius 1 is 1.42 bits per heavy atom. The molecule has 0 aromatic heterocycles. The number of hydrogen-bond donors (Lipinski definition) is 3. The number of rotatable bonds is 4. The van der Waals surface area contributed by atoms with Gasteiger partial charge in [0, 0.05) is 18.6 Å². The fourth-order valence-electron chi connectivity index (χ4n) is 2.40. The Kier molecular flexibility index (Phi) is 6.24. The second-order valence-corrected chi connectivity index (χ2v) is 5.67. The van der Waals surface area contributed by atoms with Crippen molar-refractivity contribution in [2.45, 2.75) is 45.7 Å². The van der Waals surface area contributed by atoms with Crippen LogP contribution in [0.4, 0.5) is 4.79 Å². The van der Waals surface area contributed by atoms with E-state index < -0.39 is 6.03 Å². The molecule has 3 amide bonds. The van der Waals surface area contributed by atoms with Crippen LogP contribution in [0.3, 0.4) is 0 Å². The molecule has 6 heteroatoms. The summed E-state index contributed by atoms with van der Waals surface area (Å²) in [5.74, 6) is 0.378. The second-order valence-electron chi connectivity index (χ2n) is 5.67. The van der Waals surface area contributed by atoms with Crippen LogP contribution in [0.25, 0.3) is 0 Å². The number of likely N-dealkylation sites (tertiary alicyclic amines) is 1. The van der Waals surface area contributed by atoms with Gasteiger partial charge < -0.3 is 11.1 Å². The van der Waals surface area contributed by atoms with E-state index in [0.29, 0.717) is 12.5 Å². The summed E-state index contributed by atoms with van der Waals surface area (Å²) >= 11 is 0. The minimum absolute atomic E-state index is 0.0143. The van der Waals surface area contributed by atoms with Crippen molar-refractivity contribution in [3.63, 3.8) is 0 Å². The molecule has 0 spiro atoms. The highest BCUT2D eigenvalue weighted by molar-refractivity contribution is 5.95. The molecule has 0 radical (unpaired) electrons. The molecule has 4 N–H and O–H groups in total. The molecular formula is C13H26N4O2. The number of nitrogens with zero attached hydrogens (tertiary/aromatic N) is 1. The molecule has 1 rings (SSSR count). The molecule has 2 unspecified atom stereocenters. The van der Waals surface area contributed by atoms with E-state index in [0.717, 1.165) is 19.4 Å². The molecule has 1 heterocycles. The van der Waals surface area contributed by atoms with Crippen LogP contribution in [0.15, 0.2) is 0 Å². The first-order chi connectivity index (χ1) is 8.92. The van der Waals surface area contributed by atoms with E-state index in [2.05, 4.69) is 22.5 Å². The van der Waals surface area contributed by atoms with Gasteiger partial charge in [-0.1, -0.05) is 6.92 Å². The van der Waals surface area contributed by atoms with Crippen LogP contribution in [-0.2, 0) is 4.79 Å². The molecule has 1 saturated heterocycles. The van der Waals surface area contributed by atoms with Crippen molar-refractivity contribution in [3.05, 3.63) is 0 Å². The van der Waals surface area contributed by atoms with Crippen molar-refractivity contribution in [2.24, 2.45) is 11.7 Å². The van der Waals surface area contributed by atoms with E-state index in [1.807, 2.05) is 13.8 Å². The Balaban J connectivity index is 2.40. The second kappa shape index (κ2) is 7.45. The number of nitrogens with two attached hydrogens (primary N) is 1. The lowest BCUT2D eigenvalue weighted by Gasteiger charge is -2.37. The summed E-state index contributed by atoms with van der Waals surface area (Å²) in [6.07, 6.45) is 2.09. The summed E-state index contributed by atoms with van der Waals surface area (Å²) < 4.78 is 0. The van der Waals surface area contributed by atoms with E-state index >= 15 is 0 Å². The highest BCUT2D eigenvalue weighted by Gasteiger charge is 2.27. The smallest absolute Gasteiger partial charge is 0.321 e. The molecule has 0 aromatic carbocycles. The van der Waals surface area contributed by atoms with Crippen LogP contribution >= 0.6 is 0 Å². The van der Waals surface area contributed by atoms with Crippen molar-refractivity contribution in [3.8, 4) is 0 Å². The third kappa shape index (κ3) is 5.57.